The van der Waals surface area contributed by atoms with Crippen LogP contribution in [0.3, 0.4) is 0 Å². The van der Waals surface area contributed by atoms with Gasteiger partial charge in [-0.25, -0.2) is 4.98 Å². The van der Waals surface area contributed by atoms with Crippen LogP contribution in [-0.2, 0) is 9.47 Å². The Balaban J connectivity index is 1.97. The molecule has 0 spiro atoms. The van der Waals surface area contributed by atoms with E-state index in [1.54, 1.807) is 13.2 Å². The minimum absolute atomic E-state index is 0.0557. The fraction of sp³-hybridized carbons (Fsp3) is 0.600. The molecule has 0 radical (unpaired) electrons. The molecule has 1 aliphatic rings. The quantitative estimate of drug-likeness (QED) is 0.865. The number of hydrogen-bond donors (Lipinski definition) is 1. The summed E-state index contributed by atoms with van der Waals surface area (Å²) >= 11 is 6.17. The van der Waals surface area contributed by atoms with E-state index in [-0.39, 0.29) is 18.1 Å². The average molecular weight is 329 g/mol. The molecular formula is C15H21ClN2O4. The predicted octanol–water partition coefficient (Wildman–Crippen LogP) is 2.06. The van der Waals surface area contributed by atoms with Gasteiger partial charge in [-0.3, -0.25) is 4.79 Å². The van der Waals surface area contributed by atoms with Gasteiger partial charge in [-0.1, -0.05) is 11.6 Å². The van der Waals surface area contributed by atoms with Gasteiger partial charge in [-0.15, -0.1) is 0 Å². The van der Waals surface area contributed by atoms with Crippen LogP contribution in [0.25, 0.3) is 0 Å². The molecular weight excluding hydrogens is 308 g/mol. The summed E-state index contributed by atoms with van der Waals surface area (Å²) in [5, 5.41) is 3.14. The number of nitrogens with one attached hydrogen (secondary N) is 1. The number of halogens is 1. The van der Waals surface area contributed by atoms with Gasteiger partial charge < -0.3 is 19.5 Å². The van der Waals surface area contributed by atoms with Gasteiger partial charge in [0.15, 0.2) is 0 Å². The summed E-state index contributed by atoms with van der Waals surface area (Å²) in [7, 11) is 1.59. The maximum atomic E-state index is 12.1. The van der Waals surface area contributed by atoms with E-state index < -0.39 is 0 Å². The summed E-state index contributed by atoms with van der Waals surface area (Å²) < 4.78 is 16.0. The molecule has 1 aromatic heterocycles. The molecule has 1 aliphatic heterocycles. The van der Waals surface area contributed by atoms with Crippen molar-refractivity contribution in [1.82, 2.24) is 10.3 Å². The number of pyridine rings is 1. The molecule has 1 atom stereocenters. The van der Waals surface area contributed by atoms with E-state index in [1.807, 2.05) is 6.92 Å². The van der Waals surface area contributed by atoms with Gasteiger partial charge in [0.05, 0.1) is 25.4 Å². The minimum atomic E-state index is -0.239. The van der Waals surface area contributed by atoms with Gasteiger partial charge in [0, 0.05) is 32.2 Å². The molecule has 0 saturated carbocycles. The molecule has 1 N–H and O–H groups in total. The molecule has 1 amide bonds. The Hall–Kier alpha value is -1.37. The summed E-state index contributed by atoms with van der Waals surface area (Å²) in [4.78, 5) is 16.2. The van der Waals surface area contributed by atoms with Crippen LogP contribution in [0.4, 0.5) is 0 Å². The molecule has 1 fully saturated rings. The van der Waals surface area contributed by atoms with Gasteiger partial charge in [-0.2, -0.15) is 0 Å². The lowest BCUT2D eigenvalue weighted by atomic mass is 10.1. The van der Waals surface area contributed by atoms with Crippen LogP contribution < -0.4 is 10.1 Å². The highest BCUT2D eigenvalue weighted by Gasteiger charge is 2.18. The van der Waals surface area contributed by atoms with Crippen LogP contribution >= 0.6 is 11.6 Å². The number of nitrogens with zero attached hydrogens (tertiary/aromatic N) is 1. The Morgan fingerprint density at radius 1 is 1.55 bits per heavy atom. The fourth-order valence-corrected chi connectivity index (χ4v) is 2.40. The zero-order valence-corrected chi connectivity index (χ0v) is 13.6. The summed E-state index contributed by atoms with van der Waals surface area (Å²) in [6.45, 7) is 3.66. The molecule has 1 saturated heterocycles. The summed E-state index contributed by atoms with van der Waals surface area (Å²) in [5.41, 5.74) is 0.396. The van der Waals surface area contributed by atoms with E-state index in [4.69, 9.17) is 25.8 Å². The predicted molar refractivity (Wildman–Crippen MR) is 82.5 cm³/mol. The Kier molecular flexibility index (Phi) is 6.42. The van der Waals surface area contributed by atoms with Crippen molar-refractivity contribution in [3.8, 4) is 5.88 Å². The number of ether oxygens (including phenoxy) is 3. The molecule has 22 heavy (non-hydrogen) atoms. The molecule has 2 heterocycles. The van der Waals surface area contributed by atoms with Gasteiger partial charge in [0.25, 0.3) is 5.91 Å². The van der Waals surface area contributed by atoms with E-state index in [0.29, 0.717) is 36.3 Å². The van der Waals surface area contributed by atoms with E-state index in [9.17, 15) is 4.79 Å². The summed E-state index contributed by atoms with van der Waals surface area (Å²) in [6.07, 6.45) is 3.15. The summed E-state index contributed by atoms with van der Waals surface area (Å²) in [5.74, 6) is 0.117. The van der Waals surface area contributed by atoms with Crippen molar-refractivity contribution in [2.75, 3.05) is 26.9 Å². The zero-order valence-electron chi connectivity index (χ0n) is 12.8. The maximum Gasteiger partial charge on any atom is 0.253 e. The highest BCUT2D eigenvalue weighted by Crippen LogP contribution is 2.25. The number of carbonyl (C=O) groups excluding carboxylic acids is 1. The largest absolute Gasteiger partial charge is 0.473 e. The number of hydrogen-bond acceptors (Lipinski definition) is 5. The second-order valence-electron chi connectivity index (χ2n) is 5.27. The average Bonchev–Trinajstić information content (AvgIpc) is 2.50. The third kappa shape index (κ3) is 4.83. The van der Waals surface area contributed by atoms with Crippen molar-refractivity contribution in [3.63, 3.8) is 0 Å². The molecule has 1 unspecified atom stereocenters. The molecule has 0 aromatic carbocycles. The van der Waals surface area contributed by atoms with E-state index in [0.717, 1.165) is 12.8 Å². The van der Waals surface area contributed by atoms with Crippen LogP contribution in [0.2, 0.25) is 5.02 Å². The van der Waals surface area contributed by atoms with Crippen molar-refractivity contribution in [1.29, 1.82) is 0 Å². The molecule has 7 heteroatoms. The Morgan fingerprint density at radius 2 is 2.27 bits per heavy atom. The maximum absolute atomic E-state index is 12.1. The lowest BCUT2D eigenvalue weighted by Gasteiger charge is -2.23. The SMILES string of the molecule is COCC(C)NC(=O)c1cnc(OC2CCOCC2)c(Cl)c1. The Morgan fingerprint density at radius 3 is 2.91 bits per heavy atom. The van der Waals surface area contributed by atoms with Crippen molar-refractivity contribution >= 4 is 17.5 Å². The van der Waals surface area contributed by atoms with E-state index in [1.165, 1.54) is 6.20 Å². The first kappa shape index (κ1) is 17.0. The van der Waals surface area contributed by atoms with Gasteiger partial charge in [-0.05, 0) is 13.0 Å². The highest BCUT2D eigenvalue weighted by atomic mass is 35.5. The second kappa shape index (κ2) is 8.31. The summed E-state index contributed by atoms with van der Waals surface area (Å²) in [6, 6.07) is 1.48. The standard InChI is InChI=1S/C15H21ClN2O4/c1-10(9-20-2)18-14(19)11-7-13(16)15(17-8-11)22-12-3-5-21-6-4-12/h7-8,10,12H,3-6,9H2,1-2H3,(H,18,19). The van der Waals surface area contributed by atoms with Crippen molar-refractivity contribution in [2.45, 2.75) is 31.9 Å². The lowest BCUT2D eigenvalue weighted by molar-refractivity contribution is 0.0238. The number of methoxy groups -OCH3 is 1. The van der Waals surface area contributed by atoms with Crippen molar-refractivity contribution in [3.05, 3.63) is 22.8 Å². The third-order valence-corrected chi connectivity index (χ3v) is 3.58. The Labute approximate surface area is 135 Å². The lowest BCUT2D eigenvalue weighted by Crippen LogP contribution is -2.35. The van der Waals surface area contributed by atoms with Gasteiger partial charge in [0.2, 0.25) is 5.88 Å². The van der Waals surface area contributed by atoms with Crippen LogP contribution in [0.1, 0.15) is 30.1 Å². The van der Waals surface area contributed by atoms with Crippen molar-refractivity contribution < 1.29 is 19.0 Å². The van der Waals surface area contributed by atoms with Gasteiger partial charge in [0.1, 0.15) is 11.1 Å². The number of aromatic nitrogens is 1. The molecule has 0 aliphatic carbocycles. The number of rotatable bonds is 6. The fourth-order valence-electron chi connectivity index (χ4n) is 2.19. The second-order valence-corrected chi connectivity index (χ2v) is 5.68. The third-order valence-electron chi connectivity index (χ3n) is 3.31. The first-order chi connectivity index (χ1) is 10.6. The monoisotopic (exact) mass is 328 g/mol. The zero-order chi connectivity index (χ0) is 15.9. The Bertz CT molecular complexity index is 506. The van der Waals surface area contributed by atoms with Crippen LogP contribution in [-0.4, -0.2) is 50.0 Å². The smallest absolute Gasteiger partial charge is 0.253 e. The van der Waals surface area contributed by atoms with Gasteiger partial charge >= 0.3 is 0 Å². The molecule has 0 bridgehead atoms. The van der Waals surface area contributed by atoms with Crippen LogP contribution in [0.15, 0.2) is 12.3 Å². The van der Waals surface area contributed by atoms with Crippen LogP contribution in [0.5, 0.6) is 5.88 Å². The highest BCUT2D eigenvalue weighted by molar-refractivity contribution is 6.32. The topological polar surface area (TPSA) is 69.7 Å². The molecule has 122 valence electrons. The van der Waals surface area contributed by atoms with E-state index in [2.05, 4.69) is 10.3 Å². The molecule has 2 rings (SSSR count). The van der Waals surface area contributed by atoms with E-state index >= 15 is 0 Å². The number of amides is 1. The molecule has 6 nitrogen and oxygen atoms in total. The minimum Gasteiger partial charge on any atom is -0.473 e. The van der Waals surface area contributed by atoms with Crippen molar-refractivity contribution in [2.24, 2.45) is 0 Å². The number of carbonyl (C=O) groups is 1. The van der Waals surface area contributed by atoms with Crippen LogP contribution in [0, 0.1) is 0 Å². The first-order valence-electron chi connectivity index (χ1n) is 7.30. The normalized spacial score (nSPS) is 17.0. The first-order valence-corrected chi connectivity index (χ1v) is 7.67. The molecule has 1 aromatic rings.